The van der Waals surface area contributed by atoms with Crippen molar-refractivity contribution in [3.05, 3.63) is 83.9 Å². The number of amides is 2. The fourth-order valence-electron chi connectivity index (χ4n) is 3.00. The fourth-order valence-corrected chi connectivity index (χ4v) is 3.00. The van der Waals surface area contributed by atoms with Gasteiger partial charge in [0.05, 0.1) is 13.7 Å². The van der Waals surface area contributed by atoms with Gasteiger partial charge in [0.1, 0.15) is 28.9 Å². The first-order chi connectivity index (χ1) is 17.0. The summed E-state index contributed by atoms with van der Waals surface area (Å²) in [6.07, 6.45) is 1.47. The summed E-state index contributed by atoms with van der Waals surface area (Å²) in [5.41, 5.74) is 1.77. The molecule has 0 aliphatic heterocycles. The number of nitrogens with zero attached hydrogens (tertiary/aromatic N) is 1. The second-order valence-electron chi connectivity index (χ2n) is 7.22. The first-order valence-corrected chi connectivity index (χ1v) is 10.8. The third kappa shape index (κ3) is 7.65. The van der Waals surface area contributed by atoms with E-state index < -0.39 is 5.91 Å². The smallest absolute Gasteiger partial charge is 0.266 e. The minimum atomic E-state index is -0.524. The topological polar surface area (TPSA) is 110 Å². The SMILES string of the molecule is CCOc1ccc(NC(=O)COc2ccc(/C=C(\C#N)C(=O)Nc3ccc(OC)cc3)cc2)cc1. The Kier molecular flexibility index (Phi) is 8.85. The zero-order chi connectivity index (χ0) is 25.0. The standard InChI is InChI=1S/C27H25N3O5/c1-3-34-24-14-8-21(9-15-24)29-26(31)18-35-25-10-4-19(5-11-25)16-20(17-28)27(32)30-22-6-12-23(33-2)13-7-22/h4-16H,3,18H2,1-2H3,(H,29,31)(H,30,32)/b20-16+. The lowest BCUT2D eigenvalue weighted by atomic mass is 10.1. The van der Waals surface area contributed by atoms with Crippen LogP contribution in [-0.4, -0.2) is 32.1 Å². The van der Waals surface area contributed by atoms with Gasteiger partial charge >= 0.3 is 0 Å². The van der Waals surface area contributed by atoms with Crippen molar-refractivity contribution >= 4 is 29.3 Å². The second-order valence-corrected chi connectivity index (χ2v) is 7.22. The molecule has 3 aromatic rings. The molecule has 3 rings (SSSR count). The van der Waals surface area contributed by atoms with Crippen LogP contribution in [0.25, 0.3) is 6.08 Å². The number of carbonyl (C=O) groups excluding carboxylic acids is 2. The lowest BCUT2D eigenvalue weighted by Crippen LogP contribution is -2.20. The van der Waals surface area contributed by atoms with Gasteiger partial charge in [-0.15, -0.1) is 0 Å². The summed E-state index contributed by atoms with van der Waals surface area (Å²) in [5.74, 6) is 1.04. The van der Waals surface area contributed by atoms with Gasteiger partial charge in [0, 0.05) is 11.4 Å². The van der Waals surface area contributed by atoms with E-state index in [0.29, 0.717) is 35.0 Å². The molecule has 0 spiro atoms. The zero-order valence-corrected chi connectivity index (χ0v) is 19.4. The molecule has 0 bridgehead atoms. The van der Waals surface area contributed by atoms with Crippen molar-refractivity contribution in [3.8, 4) is 23.3 Å². The quantitative estimate of drug-likeness (QED) is 0.329. The molecule has 0 radical (unpaired) electrons. The molecule has 35 heavy (non-hydrogen) atoms. The van der Waals surface area contributed by atoms with Crippen molar-refractivity contribution < 1.29 is 23.8 Å². The van der Waals surface area contributed by atoms with Crippen LogP contribution in [0.1, 0.15) is 12.5 Å². The van der Waals surface area contributed by atoms with Crippen LogP contribution in [-0.2, 0) is 9.59 Å². The van der Waals surface area contributed by atoms with Crippen molar-refractivity contribution in [2.45, 2.75) is 6.92 Å². The van der Waals surface area contributed by atoms with Gasteiger partial charge in [-0.05, 0) is 79.2 Å². The van der Waals surface area contributed by atoms with E-state index >= 15 is 0 Å². The summed E-state index contributed by atoms with van der Waals surface area (Å²) < 4.78 is 16.0. The molecule has 0 aliphatic carbocycles. The Bertz CT molecular complexity index is 1210. The average Bonchev–Trinajstić information content (AvgIpc) is 2.88. The molecule has 0 saturated heterocycles. The van der Waals surface area contributed by atoms with E-state index in [1.807, 2.05) is 13.0 Å². The van der Waals surface area contributed by atoms with Crippen LogP contribution in [0.2, 0.25) is 0 Å². The molecule has 2 amide bonds. The van der Waals surface area contributed by atoms with E-state index in [4.69, 9.17) is 14.2 Å². The first kappa shape index (κ1) is 24.9. The van der Waals surface area contributed by atoms with Crippen molar-refractivity contribution in [1.82, 2.24) is 0 Å². The number of hydrogen-bond donors (Lipinski definition) is 2. The Morgan fingerprint density at radius 1 is 0.829 bits per heavy atom. The first-order valence-electron chi connectivity index (χ1n) is 10.8. The van der Waals surface area contributed by atoms with Crippen molar-refractivity contribution in [2.24, 2.45) is 0 Å². The Labute approximate surface area is 203 Å². The number of ether oxygens (including phenoxy) is 3. The molecular formula is C27H25N3O5. The molecule has 178 valence electrons. The van der Waals surface area contributed by atoms with E-state index in [2.05, 4.69) is 10.6 Å². The van der Waals surface area contributed by atoms with Gasteiger partial charge in [-0.25, -0.2) is 0 Å². The van der Waals surface area contributed by atoms with E-state index in [-0.39, 0.29) is 18.1 Å². The monoisotopic (exact) mass is 471 g/mol. The molecule has 3 aromatic carbocycles. The molecule has 0 aromatic heterocycles. The number of benzene rings is 3. The van der Waals surface area contributed by atoms with Gasteiger partial charge in [-0.3, -0.25) is 9.59 Å². The summed E-state index contributed by atoms with van der Waals surface area (Å²) in [6.45, 7) is 2.30. The normalized spacial score (nSPS) is 10.6. The van der Waals surface area contributed by atoms with Crippen LogP contribution in [0.4, 0.5) is 11.4 Å². The Morgan fingerprint density at radius 3 is 1.94 bits per heavy atom. The van der Waals surface area contributed by atoms with Crippen LogP contribution in [0.3, 0.4) is 0 Å². The molecule has 0 heterocycles. The van der Waals surface area contributed by atoms with Gasteiger partial charge < -0.3 is 24.8 Å². The molecular weight excluding hydrogens is 446 g/mol. The van der Waals surface area contributed by atoms with Gasteiger partial charge in [0.15, 0.2) is 6.61 Å². The molecule has 0 atom stereocenters. The summed E-state index contributed by atoms with van der Waals surface area (Å²) in [4.78, 5) is 24.6. The highest BCUT2D eigenvalue weighted by Gasteiger charge is 2.10. The van der Waals surface area contributed by atoms with Crippen molar-refractivity contribution in [1.29, 1.82) is 5.26 Å². The van der Waals surface area contributed by atoms with Crippen molar-refractivity contribution in [2.75, 3.05) is 31.0 Å². The second kappa shape index (κ2) is 12.5. The highest BCUT2D eigenvalue weighted by molar-refractivity contribution is 6.09. The molecule has 0 fully saturated rings. The maximum Gasteiger partial charge on any atom is 0.266 e. The van der Waals surface area contributed by atoms with E-state index in [0.717, 1.165) is 5.75 Å². The van der Waals surface area contributed by atoms with Gasteiger partial charge in [0.2, 0.25) is 0 Å². The van der Waals surface area contributed by atoms with Crippen LogP contribution < -0.4 is 24.8 Å². The molecule has 0 unspecified atom stereocenters. The molecule has 8 nitrogen and oxygen atoms in total. The lowest BCUT2D eigenvalue weighted by Gasteiger charge is -2.09. The van der Waals surface area contributed by atoms with Gasteiger partial charge in [0.25, 0.3) is 11.8 Å². The largest absolute Gasteiger partial charge is 0.497 e. The number of hydrogen-bond acceptors (Lipinski definition) is 6. The number of carbonyl (C=O) groups is 2. The zero-order valence-electron chi connectivity index (χ0n) is 19.4. The summed E-state index contributed by atoms with van der Waals surface area (Å²) in [6, 6.07) is 22.5. The van der Waals surface area contributed by atoms with E-state index in [1.165, 1.54) is 6.08 Å². The Balaban J connectivity index is 1.53. The van der Waals surface area contributed by atoms with Crippen molar-refractivity contribution in [3.63, 3.8) is 0 Å². The maximum absolute atomic E-state index is 12.4. The Hall–Kier alpha value is -4.77. The number of anilines is 2. The maximum atomic E-state index is 12.4. The van der Waals surface area contributed by atoms with Crippen LogP contribution in [0.5, 0.6) is 17.2 Å². The minimum Gasteiger partial charge on any atom is -0.497 e. The number of nitriles is 1. The predicted octanol–water partition coefficient (Wildman–Crippen LogP) is 4.66. The predicted molar refractivity (Wildman–Crippen MR) is 133 cm³/mol. The third-order valence-corrected chi connectivity index (χ3v) is 4.72. The molecule has 0 saturated carbocycles. The van der Waals surface area contributed by atoms with Gasteiger partial charge in [-0.2, -0.15) is 5.26 Å². The molecule has 0 aliphatic rings. The molecule has 8 heteroatoms. The van der Waals surface area contributed by atoms with Crippen LogP contribution in [0.15, 0.2) is 78.4 Å². The number of nitrogens with one attached hydrogen (secondary N) is 2. The summed E-state index contributed by atoms with van der Waals surface area (Å²) in [7, 11) is 1.55. The summed E-state index contributed by atoms with van der Waals surface area (Å²) in [5, 5.41) is 14.8. The Morgan fingerprint density at radius 2 is 1.37 bits per heavy atom. The average molecular weight is 472 g/mol. The van der Waals surface area contributed by atoms with E-state index in [1.54, 1.807) is 79.9 Å². The van der Waals surface area contributed by atoms with E-state index in [9.17, 15) is 14.9 Å². The van der Waals surface area contributed by atoms with Crippen LogP contribution in [0, 0.1) is 11.3 Å². The number of methoxy groups -OCH3 is 1. The van der Waals surface area contributed by atoms with Crippen LogP contribution >= 0.6 is 0 Å². The fraction of sp³-hybridized carbons (Fsp3) is 0.148. The highest BCUT2D eigenvalue weighted by Crippen LogP contribution is 2.18. The summed E-state index contributed by atoms with van der Waals surface area (Å²) >= 11 is 0. The van der Waals surface area contributed by atoms with Gasteiger partial charge in [-0.1, -0.05) is 12.1 Å². The molecule has 2 N–H and O–H groups in total. The highest BCUT2D eigenvalue weighted by atomic mass is 16.5. The minimum absolute atomic E-state index is 0.0516. The lowest BCUT2D eigenvalue weighted by molar-refractivity contribution is -0.118. The number of rotatable bonds is 10. The third-order valence-electron chi connectivity index (χ3n) is 4.72.